The van der Waals surface area contributed by atoms with Crippen LogP contribution in [0, 0.1) is 0 Å². The molecular weight excluding hydrogens is 307 g/mol. The third-order valence-electron chi connectivity index (χ3n) is 3.09. The highest BCUT2D eigenvalue weighted by molar-refractivity contribution is 6.44. The molecule has 2 aromatic carbocycles. The second-order valence-corrected chi connectivity index (χ2v) is 5.60. The number of carbonyl (C=O) groups is 2. The first-order valence-electron chi connectivity index (χ1n) is 6.53. The van der Waals surface area contributed by atoms with E-state index >= 15 is 0 Å². The molecular formula is C17H14Cl2O2. The molecule has 0 bridgehead atoms. The number of alkyl halides is 2. The number of carbonyl (C=O) groups excluding carboxylic acids is 2. The molecule has 2 aromatic rings. The molecule has 0 spiro atoms. The summed E-state index contributed by atoms with van der Waals surface area (Å²) in [4.78, 5) is 24.3. The van der Waals surface area contributed by atoms with Gasteiger partial charge in [0, 0.05) is 12.0 Å². The van der Waals surface area contributed by atoms with Gasteiger partial charge in [-0.05, 0) is 5.56 Å². The minimum Gasteiger partial charge on any atom is -0.298 e. The Kier molecular flexibility index (Phi) is 5.54. The predicted molar refractivity (Wildman–Crippen MR) is 85.2 cm³/mol. The SMILES string of the molecule is O=C(Cc1ccccc1)C(Cl)C(Cl)C(=O)c1ccccc1. The van der Waals surface area contributed by atoms with Crippen molar-refractivity contribution in [2.24, 2.45) is 0 Å². The van der Waals surface area contributed by atoms with Crippen molar-refractivity contribution in [2.75, 3.05) is 0 Å². The first kappa shape index (κ1) is 15.7. The fraction of sp³-hybridized carbons (Fsp3) is 0.176. The van der Waals surface area contributed by atoms with Gasteiger partial charge in [-0.15, -0.1) is 23.2 Å². The molecule has 0 aromatic heterocycles. The molecule has 0 heterocycles. The highest BCUT2D eigenvalue weighted by Gasteiger charge is 2.30. The molecule has 4 heteroatoms. The fourth-order valence-electron chi connectivity index (χ4n) is 1.95. The van der Waals surface area contributed by atoms with Gasteiger partial charge in [0.15, 0.2) is 11.6 Å². The van der Waals surface area contributed by atoms with E-state index in [1.807, 2.05) is 30.3 Å². The van der Waals surface area contributed by atoms with Crippen LogP contribution in [-0.4, -0.2) is 22.3 Å². The first-order chi connectivity index (χ1) is 10.1. The van der Waals surface area contributed by atoms with E-state index in [2.05, 4.69) is 0 Å². The lowest BCUT2D eigenvalue weighted by Crippen LogP contribution is -2.32. The van der Waals surface area contributed by atoms with Crippen LogP contribution in [0.1, 0.15) is 15.9 Å². The summed E-state index contributed by atoms with van der Waals surface area (Å²) in [6.45, 7) is 0. The number of hydrogen-bond donors (Lipinski definition) is 0. The largest absolute Gasteiger partial charge is 0.298 e. The maximum atomic E-state index is 12.2. The molecule has 0 aliphatic heterocycles. The van der Waals surface area contributed by atoms with Gasteiger partial charge in [-0.1, -0.05) is 60.7 Å². The monoisotopic (exact) mass is 320 g/mol. The van der Waals surface area contributed by atoms with Crippen LogP contribution in [0.25, 0.3) is 0 Å². The Hall–Kier alpha value is -1.64. The summed E-state index contributed by atoms with van der Waals surface area (Å²) >= 11 is 12.1. The van der Waals surface area contributed by atoms with E-state index in [-0.39, 0.29) is 18.0 Å². The van der Waals surface area contributed by atoms with Crippen molar-refractivity contribution in [3.63, 3.8) is 0 Å². The Balaban J connectivity index is 2.03. The summed E-state index contributed by atoms with van der Waals surface area (Å²) in [5.41, 5.74) is 1.31. The van der Waals surface area contributed by atoms with Gasteiger partial charge < -0.3 is 0 Å². The van der Waals surface area contributed by atoms with Crippen LogP contribution in [0.3, 0.4) is 0 Å². The fourth-order valence-corrected chi connectivity index (χ4v) is 2.41. The zero-order valence-electron chi connectivity index (χ0n) is 11.2. The van der Waals surface area contributed by atoms with Gasteiger partial charge >= 0.3 is 0 Å². The Labute approximate surface area is 133 Å². The highest BCUT2D eigenvalue weighted by Crippen LogP contribution is 2.18. The minimum atomic E-state index is -1.06. The Bertz CT molecular complexity index is 611. The van der Waals surface area contributed by atoms with E-state index in [0.29, 0.717) is 5.56 Å². The van der Waals surface area contributed by atoms with Crippen LogP contribution < -0.4 is 0 Å². The van der Waals surface area contributed by atoms with Crippen LogP contribution in [0.5, 0.6) is 0 Å². The molecule has 0 saturated heterocycles. The molecule has 2 atom stereocenters. The number of benzene rings is 2. The molecule has 0 saturated carbocycles. The van der Waals surface area contributed by atoms with Gasteiger partial charge in [-0.3, -0.25) is 9.59 Å². The van der Waals surface area contributed by atoms with Crippen LogP contribution in [0.4, 0.5) is 0 Å². The third-order valence-corrected chi connectivity index (χ3v) is 4.17. The normalized spacial score (nSPS) is 13.4. The zero-order chi connectivity index (χ0) is 15.2. The van der Waals surface area contributed by atoms with Gasteiger partial charge in [-0.2, -0.15) is 0 Å². The van der Waals surface area contributed by atoms with Crippen molar-refractivity contribution in [3.05, 3.63) is 71.8 Å². The van der Waals surface area contributed by atoms with Gasteiger partial charge in [0.2, 0.25) is 0 Å². The number of halogens is 2. The van der Waals surface area contributed by atoms with Gasteiger partial charge in [0.25, 0.3) is 0 Å². The van der Waals surface area contributed by atoms with Crippen molar-refractivity contribution in [3.8, 4) is 0 Å². The summed E-state index contributed by atoms with van der Waals surface area (Å²) in [5.74, 6) is -0.592. The van der Waals surface area contributed by atoms with E-state index in [1.165, 1.54) is 0 Å². The molecule has 0 aliphatic carbocycles. The van der Waals surface area contributed by atoms with Crippen LogP contribution in [0.2, 0.25) is 0 Å². The Morgan fingerprint density at radius 2 is 1.33 bits per heavy atom. The summed E-state index contributed by atoms with van der Waals surface area (Å²) in [6, 6.07) is 17.8. The standard InChI is InChI=1S/C17H14Cl2O2/c18-15(14(20)11-12-7-3-1-4-8-12)16(19)17(21)13-9-5-2-6-10-13/h1-10,15-16H,11H2. The topological polar surface area (TPSA) is 34.1 Å². The van der Waals surface area contributed by atoms with Crippen molar-refractivity contribution < 1.29 is 9.59 Å². The molecule has 0 aliphatic rings. The molecule has 2 nitrogen and oxygen atoms in total. The van der Waals surface area contributed by atoms with Gasteiger partial charge in [0.05, 0.1) is 0 Å². The zero-order valence-corrected chi connectivity index (χ0v) is 12.7. The number of rotatable bonds is 6. The summed E-state index contributed by atoms with van der Waals surface area (Å²) < 4.78 is 0. The maximum absolute atomic E-state index is 12.2. The molecule has 0 N–H and O–H groups in total. The lowest BCUT2D eigenvalue weighted by molar-refractivity contribution is -0.118. The van der Waals surface area contributed by atoms with Crippen LogP contribution >= 0.6 is 23.2 Å². The smallest absolute Gasteiger partial charge is 0.182 e. The molecule has 0 amide bonds. The number of ketones is 2. The molecule has 2 unspecified atom stereocenters. The van der Waals surface area contributed by atoms with Crippen molar-refractivity contribution in [2.45, 2.75) is 17.2 Å². The third kappa shape index (κ3) is 4.16. The molecule has 108 valence electrons. The summed E-state index contributed by atoms with van der Waals surface area (Å²) in [6.07, 6.45) is 0.167. The van der Waals surface area contributed by atoms with E-state index in [0.717, 1.165) is 5.56 Å². The summed E-state index contributed by atoms with van der Waals surface area (Å²) in [7, 11) is 0. The number of Topliss-reactive ketones (excluding diaryl/α,β-unsaturated/α-hetero) is 2. The Morgan fingerprint density at radius 1 is 0.810 bits per heavy atom. The maximum Gasteiger partial charge on any atom is 0.182 e. The lowest BCUT2D eigenvalue weighted by Gasteiger charge is -2.14. The second kappa shape index (κ2) is 7.39. The van der Waals surface area contributed by atoms with Gasteiger partial charge in [0.1, 0.15) is 10.8 Å². The van der Waals surface area contributed by atoms with Crippen LogP contribution in [0.15, 0.2) is 60.7 Å². The lowest BCUT2D eigenvalue weighted by atomic mass is 10.0. The molecule has 21 heavy (non-hydrogen) atoms. The van der Waals surface area contributed by atoms with Crippen LogP contribution in [-0.2, 0) is 11.2 Å². The summed E-state index contributed by atoms with van der Waals surface area (Å²) in [5, 5.41) is -2.11. The highest BCUT2D eigenvalue weighted by atomic mass is 35.5. The quantitative estimate of drug-likeness (QED) is 0.597. The Morgan fingerprint density at radius 3 is 1.90 bits per heavy atom. The molecule has 0 radical (unpaired) electrons. The average Bonchev–Trinajstić information content (AvgIpc) is 2.54. The predicted octanol–water partition coefficient (Wildman–Crippen LogP) is 3.90. The van der Waals surface area contributed by atoms with Gasteiger partial charge in [-0.25, -0.2) is 0 Å². The van der Waals surface area contributed by atoms with Crippen molar-refractivity contribution in [1.29, 1.82) is 0 Å². The van der Waals surface area contributed by atoms with Crippen molar-refractivity contribution >= 4 is 34.8 Å². The van der Waals surface area contributed by atoms with Crippen molar-refractivity contribution in [1.82, 2.24) is 0 Å². The second-order valence-electron chi connectivity index (χ2n) is 4.66. The first-order valence-corrected chi connectivity index (χ1v) is 7.41. The molecule has 2 rings (SSSR count). The van der Waals surface area contributed by atoms with E-state index in [1.54, 1.807) is 30.3 Å². The van der Waals surface area contributed by atoms with E-state index in [9.17, 15) is 9.59 Å². The van der Waals surface area contributed by atoms with E-state index in [4.69, 9.17) is 23.2 Å². The molecule has 0 fully saturated rings. The average molecular weight is 321 g/mol. The number of hydrogen-bond acceptors (Lipinski definition) is 2. The minimum absolute atomic E-state index is 0.167. The van der Waals surface area contributed by atoms with E-state index < -0.39 is 10.8 Å².